The van der Waals surface area contributed by atoms with Crippen LogP contribution in [0.5, 0.6) is 0 Å². The van der Waals surface area contributed by atoms with Gasteiger partial charge in [0.1, 0.15) is 5.92 Å². The summed E-state index contributed by atoms with van der Waals surface area (Å²) >= 11 is 0. The quantitative estimate of drug-likeness (QED) is 0.555. The number of nitrogens with one attached hydrogen (secondary N) is 1. The van der Waals surface area contributed by atoms with Crippen LogP contribution in [-0.4, -0.2) is 10.9 Å². The van der Waals surface area contributed by atoms with Gasteiger partial charge in [-0.1, -0.05) is 42.5 Å². The largest absolute Gasteiger partial charge is 0.325 e. The number of aromatic nitrogens is 1. The molecule has 0 aliphatic carbocycles. The second kappa shape index (κ2) is 6.33. The van der Waals surface area contributed by atoms with Crippen LogP contribution in [0.4, 0.5) is 5.69 Å². The molecule has 0 radical (unpaired) electrons. The Balaban J connectivity index is 1.60. The monoisotopic (exact) mass is 361 g/mol. The maximum Gasteiger partial charge on any atom is 0.238 e. The first kappa shape index (κ1) is 16.2. The number of carbonyl (C=O) groups is 1. The van der Waals surface area contributed by atoms with Gasteiger partial charge < -0.3 is 5.32 Å². The Kier molecular flexibility index (Phi) is 3.67. The molecule has 2 heterocycles. The van der Waals surface area contributed by atoms with E-state index >= 15 is 0 Å². The summed E-state index contributed by atoms with van der Waals surface area (Å²) < 4.78 is 0. The molecule has 4 heteroatoms. The van der Waals surface area contributed by atoms with E-state index in [-0.39, 0.29) is 5.91 Å². The van der Waals surface area contributed by atoms with Crippen LogP contribution in [0.15, 0.2) is 78.9 Å². The number of nitrogens with zero attached hydrogens (tertiary/aromatic N) is 2. The third kappa shape index (κ3) is 2.62. The van der Waals surface area contributed by atoms with Gasteiger partial charge in [-0.05, 0) is 53.1 Å². The number of fused-ring (bicyclic) bond motifs is 2. The van der Waals surface area contributed by atoms with E-state index in [1.807, 2.05) is 66.7 Å². The summed E-state index contributed by atoms with van der Waals surface area (Å²) in [5.41, 5.74) is 6.00. The second-order valence-corrected chi connectivity index (χ2v) is 6.84. The van der Waals surface area contributed by atoms with E-state index in [0.29, 0.717) is 5.56 Å². The average molecular weight is 361 g/mol. The van der Waals surface area contributed by atoms with Gasteiger partial charge in [0.2, 0.25) is 5.91 Å². The number of amides is 1. The molecular formula is C24H15N3O. The molecule has 132 valence electrons. The first-order valence-electron chi connectivity index (χ1n) is 9.04. The zero-order valence-corrected chi connectivity index (χ0v) is 14.9. The van der Waals surface area contributed by atoms with Crippen molar-refractivity contribution in [2.45, 2.75) is 5.92 Å². The zero-order valence-electron chi connectivity index (χ0n) is 14.9. The first-order chi connectivity index (χ1) is 13.7. The molecule has 0 spiro atoms. The first-order valence-corrected chi connectivity index (χ1v) is 9.04. The molecular weight excluding hydrogens is 346 g/mol. The molecule has 1 atom stereocenters. The highest BCUT2D eigenvalue weighted by molar-refractivity contribution is 6.05. The summed E-state index contributed by atoms with van der Waals surface area (Å²) in [5.74, 6) is -0.493. The molecule has 3 aromatic carbocycles. The Labute approximate surface area is 162 Å². The molecule has 5 rings (SSSR count). The lowest BCUT2D eigenvalue weighted by Crippen LogP contribution is -2.14. The van der Waals surface area contributed by atoms with E-state index in [4.69, 9.17) is 10.2 Å². The van der Waals surface area contributed by atoms with Crippen LogP contribution < -0.4 is 5.32 Å². The number of hydrogen-bond acceptors (Lipinski definition) is 3. The number of anilines is 1. The average Bonchev–Trinajstić information content (AvgIpc) is 3.08. The van der Waals surface area contributed by atoms with Crippen LogP contribution >= 0.6 is 0 Å². The highest BCUT2D eigenvalue weighted by Crippen LogP contribution is 2.39. The van der Waals surface area contributed by atoms with Gasteiger partial charge in [-0.3, -0.25) is 9.78 Å². The van der Waals surface area contributed by atoms with E-state index < -0.39 is 5.92 Å². The van der Waals surface area contributed by atoms with Crippen LogP contribution in [0.2, 0.25) is 0 Å². The van der Waals surface area contributed by atoms with Crippen molar-refractivity contribution in [1.82, 2.24) is 4.98 Å². The van der Waals surface area contributed by atoms with Crippen LogP contribution in [-0.2, 0) is 4.79 Å². The molecule has 1 amide bonds. The molecule has 0 saturated heterocycles. The Morgan fingerprint density at radius 2 is 1.68 bits per heavy atom. The predicted octanol–water partition coefficient (Wildman–Crippen LogP) is 4.86. The number of pyridine rings is 1. The number of rotatable bonds is 2. The Morgan fingerprint density at radius 1 is 0.893 bits per heavy atom. The number of hydrogen-bond donors (Lipinski definition) is 1. The summed E-state index contributed by atoms with van der Waals surface area (Å²) in [7, 11) is 0. The van der Waals surface area contributed by atoms with E-state index in [1.54, 1.807) is 12.1 Å². The van der Waals surface area contributed by atoms with Gasteiger partial charge in [0.25, 0.3) is 0 Å². The molecule has 28 heavy (non-hydrogen) atoms. The Hall–Kier alpha value is -3.97. The lowest BCUT2D eigenvalue weighted by molar-refractivity contribution is -0.116. The summed E-state index contributed by atoms with van der Waals surface area (Å²) in [5, 5.41) is 13.0. The molecule has 4 aromatic rings. The van der Waals surface area contributed by atoms with Crippen LogP contribution in [0.1, 0.15) is 22.7 Å². The highest BCUT2D eigenvalue weighted by Gasteiger charge is 2.33. The Morgan fingerprint density at radius 3 is 2.50 bits per heavy atom. The minimum atomic E-state index is -0.432. The molecule has 1 aliphatic rings. The maximum atomic E-state index is 12.7. The van der Waals surface area contributed by atoms with E-state index in [0.717, 1.165) is 39.0 Å². The molecule has 1 aliphatic heterocycles. The summed E-state index contributed by atoms with van der Waals surface area (Å²) in [6, 6.07) is 27.4. The fraction of sp³-hybridized carbons (Fsp3) is 0.0417. The predicted molar refractivity (Wildman–Crippen MR) is 109 cm³/mol. The number of benzene rings is 3. The van der Waals surface area contributed by atoms with Crippen LogP contribution in [0.3, 0.4) is 0 Å². The molecule has 1 N–H and O–H groups in total. The fourth-order valence-corrected chi connectivity index (χ4v) is 3.71. The second-order valence-electron chi connectivity index (χ2n) is 6.84. The molecule has 1 unspecified atom stereocenters. The van der Waals surface area contributed by atoms with Gasteiger partial charge in [0.15, 0.2) is 0 Å². The van der Waals surface area contributed by atoms with E-state index in [2.05, 4.69) is 11.4 Å². The smallest absolute Gasteiger partial charge is 0.238 e. The molecule has 0 fully saturated rings. The summed E-state index contributed by atoms with van der Waals surface area (Å²) in [6.45, 7) is 0. The van der Waals surface area contributed by atoms with Gasteiger partial charge in [0.05, 0.1) is 22.8 Å². The van der Waals surface area contributed by atoms with Gasteiger partial charge in [0, 0.05) is 11.1 Å². The lowest BCUT2D eigenvalue weighted by atomic mass is 9.93. The lowest BCUT2D eigenvalue weighted by Gasteiger charge is -2.11. The van der Waals surface area contributed by atoms with E-state index in [1.165, 1.54) is 0 Å². The molecule has 4 nitrogen and oxygen atoms in total. The van der Waals surface area contributed by atoms with Gasteiger partial charge in [-0.2, -0.15) is 5.26 Å². The normalized spacial score (nSPS) is 15.1. The fourth-order valence-electron chi connectivity index (χ4n) is 3.71. The maximum absolute atomic E-state index is 12.7. The molecule has 1 aromatic heterocycles. The van der Waals surface area contributed by atoms with Crippen molar-refractivity contribution in [2.75, 3.05) is 5.32 Å². The summed E-state index contributed by atoms with van der Waals surface area (Å²) in [4.78, 5) is 17.4. The third-order valence-corrected chi connectivity index (χ3v) is 5.15. The number of para-hydroxylation sites is 1. The third-order valence-electron chi connectivity index (χ3n) is 5.15. The van der Waals surface area contributed by atoms with Crippen molar-refractivity contribution >= 4 is 22.5 Å². The van der Waals surface area contributed by atoms with Gasteiger partial charge >= 0.3 is 0 Å². The standard InChI is InChI=1S/C24H15N3O/c25-14-15-5-7-16(8-6-15)18-10-11-21-19(13-18)23(24(28)27-21)22-12-9-17-3-1-2-4-20(17)26-22/h1-13,23H,(H,27,28). The Bertz CT molecular complexity index is 1270. The van der Waals surface area contributed by atoms with Crippen molar-refractivity contribution in [3.8, 4) is 17.2 Å². The molecule has 0 saturated carbocycles. The SMILES string of the molecule is N#Cc1ccc(-c2ccc3c(c2)C(c2ccc4ccccc4n2)C(=O)N3)cc1. The van der Waals surface area contributed by atoms with Crippen molar-refractivity contribution in [2.24, 2.45) is 0 Å². The minimum absolute atomic E-state index is 0.0604. The number of nitriles is 1. The van der Waals surface area contributed by atoms with Crippen molar-refractivity contribution < 1.29 is 4.79 Å². The minimum Gasteiger partial charge on any atom is -0.325 e. The van der Waals surface area contributed by atoms with Crippen LogP contribution in [0, 0.1) is 11.3 Å². The van der Waals surface area contributed by atoms with Gasteiger partial charge in [-0.25, -0.2) is 0 Å². The van der Waals surface area contributed by atoms with Crippen LogP contribution in [0.25, 0.3) is 22.0 Å². The van der Waals surface area contributed by atoms with Crippen molar-refractivity contribution in [3.05, 3.63) is 95.7 Å². The summed E-state index contributed by atoms with van der Waals surface area (Å²) in [6.07, 6.45) is 0. The zero-order chi connectivity index (χ0) is 19.1. The molecule has 0 bridgehead atoms. The topological polar surface area (TPSA) is 65.8 Å². The van der Waals surface area contributed by atoms with Gasteiger partial charge in [-0.15, -0.1) is 0 Å². The van der Waals surface area contributed by atoms with Crippen molar-refractivity contribution in [1.29, 1.82) is 5.26 Å². The number of carbonyl (C=O) groups excluding carboxylic acids is 1. The highest BCUT2D eigenvalue weighted by atomic mass is 16.2. The van der Waals surface area contributed by atoms with Crippen molar-refractivity contribution in [3.63, 3.8) is 0 Å². The van der Waals surface area contributed by atoms with E-state index in [9.17, 15) is 4.79 Å².